The van der Waals surface area contributed by atoms with Crippen LogP contribution in [0.3, 0.4) is 0 Å². The number of methoxy groups -OCH3 is 1. The molecule has 1 aromatic heterocycles. The Morgan fingerprint density at radius 2 is 1.93 bits per heavy atom. The number of nitrogens with one attached hydrogen (secondary N) is 1. The van der Waals surface area contributed by atoms with Crippen molar-refractivity contribution >= 4 is 34.1 Å². The van der Waals surface area contributed by atoms with E-state index in [0.29, 0.717) is 11.6 Å². The maximum Gasteiger partial charge on any atom is 0.226 e. The third-order valence-corrected chi connectivity index (χ3v) is 6.01. The average molecular weight is 413 g/mol. The number of nitrogens with zero attached hydrogens (tertiary/aromatic N) is 1. The maximum absolute atomic E-state index is 12.1. The van der Waals surface area contributed by atoms with Crippen LogP contribution in [0.15, 0.2) is 64.9 Å². The molecule has 6 heteroatoms. The predicted octanol–water partition coefficient (Wildman–Crippen LogP) is 5.51. The molecule has 3 rings (SSSR count). The van der Waals surface area contributed by atoms with E-state index in [1.165, 1.54) is 21.8 Å². The first-order chi connectivity index (χ1) is 13.7. The number of hydrogen-bond donors (Lipinski definition) is 1. The minimum atomic E-state index is 0.0180. The normalized spacial score (nSPS) is 10.8. The zero-order valence-electron chi connectivity index (χ0n) is 15.9. The summed E-state index contributed by atoms with van der Waals surface area (Å²) in [6, 6.07) is 18.6. The molecule has 4 nitrogen and oxygen atoms in total. The van der Waals surface area contributed by atoms with Crippen LogP contribution >= 0.6 is 23.1 Å². The molecule has 0 aliphatic heterocycles. The van der Waals surface area contributed by atoms with Crippen molar-refractivity contribution in [1.82, 2.24) is 4.98 Å². The quantitative estimate of drug-likeness (QED) is 0.352. The number of aromatic nitrogens is 1. The van der Waals surface area contributed by atoms with Crippen LogP contribution in [0.25, 0.3) is 11.3 Å². The highest BCUT2D eigenvalue weighted by atomic mass is 32.2. The van der Waals surface area contributed by atoms with Crippen molar-refractivity contribution in [3.05, 3.63) is 65.5 Å². The van der Waals surface area contributed by atoms with Gasteiger partial charge in [-0.05, 0) is 36.3 Å². The SMILES string of the molecule is COCCc1ccc(-c2csc(NC(=O)CCCSc3ccccc3)n2)cc1. The molecule has 1 amide bonds. The van der Waals surface area contributed by atoms with Crippen LogP contribution in [-0.4, -0.2) is 30.4 Å². The van der Waals surface area contributed by atoms with Crippen molar-refractivity contribution in [2.75, 3.05) is 24.8 Å². The molecule has 1 N–H and O–H groups in total. The summed E-state index contributed by atoms with van der Waals surface area (Å²) in [4.78, 5) is 17.9. The minimum absolute atomic E-state index is 0.0180. The molecule has 146 valence electrons. The second-order valence-corrected chi connectivity index (χ2v) is 8.32. The Morgan fingerprint density at radius 1 is 1.14 bits per heavy atom. The lowest BCUT2D eigenvalue weighted by Crippen LogP contribution is -2.11. The number of carbonyl (C=O) groups excluding carboxylic acids is 1. The van der Waals surface area contributed by atoms with Gasteiger partial charge in [0.05, 0.1) is 12.3 Å². The van der Waals surface area contributed by atoms with Gasteiger partial charge in [-0.3, -0.25) is 4.79 Å². The number of anilines is 1. The van der Waals surface area contributed by atoms with E-state index in [2.05, 4.69) is 46.7 Å². The van der Waals surface area contributed by atoms with Gasteiger partial charge in [0.1, 0.15) is 0 Å². The fourth-order valence-electron chi connectivity index (χ4n) is 2.65. The number of benzene rings is 2. The summed E-state index contributed by atoms with van der Waals surface area (Å²) in [6.07, 6.45) is 2.24. The van der Waals surface area contributed by atoms with Gasteiger partial charge >= 0.3 is 0 Å². The van der Waals surface area contributed by atoms with Crippen LogP contribution in [-0.2, 0) is 16.0 Å². The third kappa shape index (κ3) is 6.48. The Morgan fingerprint density at radius 3 is 2.68 bits per heavy atom. The number of thioether (sulfide) groups is 1. The summed E-state index contributed by atoms with van der Waals surface area (Å²) in [6.45, 7) is 0.718. The van der Waals surface area contributed by atoms with Crippen molar-refractivity contribution in [3.63, 3.8) is 0 Å². The van der Waals surface area contributed by atoms with E-state index >= 15 is 0 Å². The van der Waals surface area contributed by atoms with E-state index in [-0.39, 0.29) is 5.91 Å². The molecule has 0 aliphatic rings. The Bertz CT molecular complexity index is 864. The summed E-state index contributed by atoms with van der Waals surface area (Å²) in [5, 5.41) is 5.54. The molecule has 1 heterocycles. The lowest BCUT2D eigenvalue weighted by Gasteiger charge is -2.03. The van der Waals surface area contributed by atoms with Crippen molar-refractivity contribution < 1.29 is 9.53 Å². The molecule has 0 saturated heterocycles. The maximum atomic E-state index is 12.1. The smallest absolute Gasteiger partial charge is 0.226 e. The predicted molar refractivity (Wildman–Crippen MR) is 118 cm³/mol. The molecule has 0 spiro atoms. The molecule has 0 aliphatic carbocycles. The fourth-order valence-corrected chi connectivity index (χ4v) is 4.26. The molecular weight excluding hydrogens is 388 g/mol. The van der Waals surface area contributed by atoms with Gasteiger partial charge in [-0.2, -0.15) is 0 Å². The van der Waals surface area contributed by atoms with Gasteiger partial charge in [-0.25, -0.2) is 4.98 Å². The second kappa shape index (κ2) is 11.0. The number of thiazole rings is 1. The molecule has 28 heavy (non-hydrogen) atoms. The number of carbonyl (C=O) groups is 1. The summed E-state index contributed by atoms with van der Waals surface area (Å²) in [5.74, 6) is 0.945. The van der Waals surface area contributed by atoms with Gasteiger partial charge in [0.25, 0.3) is 0 Å². The van der Waals surface area contributed by atoms with Crippen LogP contribution in [0.5, 0.6) is 0 Å². The molecule has 3 aromatic rings. The Kier molecular flexibility index (Phi) is 8.08. The number of rotatable bonds is 10. The fraction of sp³-hybridized carbons (Fsp3) is 0.273. The van der Waals surface area contributed by atoms with Crippen molar-refractivity contribution in [1.29, 1.82) is 0 Å². The van der Waals surface area contributed by atoms with E-state index in [4.69, 9.17) is 4.74 Å². The van der Waals surface area contributed by atoms with Crippen LogP contribution in [0.2, 0.25) is 0 Å². The van der Waals surface area contributed by atoms with Crippen LogP contribution in [0.4, 0.5) is 5.13 Å². The van der Waals surface area contributed by atoms with Gasteiger partial charge < -0.3 is 10.1 Å². The van der Waals surface area contributed by atoms with E-state index in [9.17, 15) is 4.79 Å². The first-order valence-corrected chi connectivity index (χ1v) is 11.1. The molecule has 0 atom stereocenters. The third-order valence-electron chi connectivity index (χ3n) is 4.16. The highest BCUT2D eigenvalue weighted by Gasteiger charge is 2.08. The topological polar surface area (TPSA) is 51.2 Å². The standard InChI is InChI=1S/C22H24N2O2S2/c1-26-14-13-17-9-11-18(12-10-17)20-16-28-22(23-20)24-21(25)8-5-15-27-19-6-3-2-4-7-19/h2-4,6-7,9-12,16H,5,8,13-15H2,1H3,(H,23,24,25). The zero-order valence-corrected chi connectivity index (χ0v) is 17.5. The van der Waals surface area contributed by atoms with Gasteiger partial charge in [0.2, 0.25) is 5.91 Å². The Balaban J connectivity index is 1.44. The summed E-state index contributed by atoms with van der Waals surface area (Å²) in [7, 11) is 1.71. The average Bonchev–Trinajstić information content (AvgIpc) is 3.19. The number of amides is 1. The molecule has 0 fully saturated rings. The molecule has 2 aromatic carbocycles. The molecule has 0 bridgehead atoms. The highest BCUT2D eigenvalue weighted by Crippen LogP contribution is 2.25. The van der Waals surface area contributed by atoms with Crippen molar-refractivity contribution in [2.24, 2.45) is 0 Å². The lowest BCUT2D eigenvalue weighted by molar-refractivity contribution is -0.116. The number of hydrogen-bond acceptors (Lipinski definition) is 5. The van der Waals surface area contributed by atoms with Crippen LogP contribution in [0, 0.1) is 0 Å². The van der Waals surface area contributed by atoms with E-state index in [1.807, 2.05) is 23.6 Å². The summed E-state index contributed by atoms with van der Waals surface area (Å²) < 4.78 is 5.11. The Hall–Kier alpha value is -2.15. The van der Waals surface area contributed by atoms with E-state index < -0.39 is 0 Å². The monoisotopic (exact) mass is 412 g/mol. The minimum Gasteiger partial charge on any atom is -0.384 e. The van der Waals surface area contributed by atoms with Gasteiger partial charge in [-0.1, -0.05) is 42.5 Å². The summed E-state index contributed by atoms with van der Waals surface area (Å²) >= 11 is 3.23. The second-order valence-electron chi connectivity index (χ2n) is 6.29. The highest BCUT2D eigenvalue weighted by molar-refractivity contribution is 7.99. The van der Waals surface area contributed by atoms with E-state index in [0.717, 1.165) is 36.5 Å². The molecule has 0 unspecified atom stereocenters. The first-order valence-electron chi connectivity index (χ1n) is 9.26. The molecular formula is C22H24N2O2S2. The zero-order chi connectivity index (χ0) is 19.6. The largest absolute Gasteiger partial charge is 0.384 e. The lowest BCUT2D eigenvalue weighted by atomic mass is 10.1. The number of ether oxygens (including phenoxy) is 1. The Labute approximate surface area is 174 Å². The van der Waals surface area contributed by atoms with Crippen molar-refractivity contribution in [2.45, 2.75) is 24.2 Å². The summed E-state index contributed by atoms with van der Waals surface area (Å²) in [5.41, 5.74) is 3.18. The van der Waals surface area contributed by atoms with Gasteiger partial charge in [0.15, 0.2) is 5.13 Å². The van der Waals surface area contributed by atoms with Crippen LogP contribution < -0.4 is 5.32 Å². The van der Waals surface area contributed by atoms with Crippen LogP contribution in [0.1, 0.15) is 18.4 Å². The first kappa shape index (κ1) is 20.6. The van der Waals surface area contributed by atoms with E-state index in [1.54, 1.807) is 18.9 Å². The van der Waals surface area contributed by atoms with Crippen molar-refractivity contribution in [3.8, 4) is 11.3 Å². The molecule has 0 radical (unpaired) electrons. The van der Waals surface area contributed by atoms with Gasteiger partial charge in [0, 0.05) is 29.4 Å². The molecule has 0 saturated carbocycles. The van der Waals surface area contributed by atoms with Gasteiger partial charge in [-0.15, -0.1) is 23.1 Å².